The minimum Gasteiger partial charge on any atom is -0.460 e. The van der Waals surface area contributed by atoms with Crippen molar-refractivity contribution in [2.75, 3.05) is 11.9 Å². The Morgan fingerprint density at radius 3 is 3.25 bits per heavy atom. The third kappa shape index (κ3) is 2.52. The highest BCUT2D eigenvalue weighted by Gasteiger charge is 2.28. The molecule has 0 saturated heterocycles. The maximum absolute atomic E-state index is 11.5. The molecule has 0 spiro atoms. The van der Waals surface area contributed by atoms with Gasteiger partial charge in [-0.3, -0.25) is 0 Å². The molecule has 0 radical (unpaired) electrons. The van der Waals surface area contributed by atoms with E-state index < -0.39 is 0 Å². The number of ether oxygens (including phenoxy) is 1. The van der Waals surface area contributed by atoms with Crippen molar-refractivity contribution in [2.24, 2.45) is 0 Å². The zero-order valence-electron chi connectivity index (χ0n) is 8.68. The fourth-order valence-corrected chi connectivity index (χ4v) is 1.55. The Morgan fingerprint density at radius 2 is 2.56 bits per heavy atom. The van der Waals surface area contributed by atoms with Crippen LogP contribution in [0.1, 0.15) is 5.56 Å². The van der Waals surface area contributed by atoms with Gasteiger partial charge in [-0.1, -0.05) is 18.7 Å². The molecule has 1 N–H and O–H groups in total. The highest BCUT2D eigenvalue weighted by molar-refractivity contribution is 5.85. The topological polar surface area (TPSA) is 51.2 Å². The fourth-order valence-electron chi connectivity index (χ4n) is 1.55. The van der Waals surface area contributed by atoms with Gasteiger partial charge in [-0.25, -0.2) is 9.78 Å². The predicted molar refractivity (Wildman–Crippen MR) is 63.8 cm³/mol. The first-order chi connectivity index (χ1) is 7.31. The minimum absolute atomic E-state index is 0. The lowest BCUT2D eigenvalue weighted by atomic mass is 10.1. The van der Waals surface area contributed by atoms with Crippen molar-refractivity contribution in [1.82, 2.24) is 4.98 Å². The van der Waals surface area contributed by atoms with Crippen LogP contribution in [0.3, 0.4) is 0 Å². The Balaban J connectivity index is 0.00000128. The molecule has 0 bridgehead atoms. The van der Waals surface area contributed by atoms with Crippen molar-refractivity contribution in [3.63, 3.8) is 0 Å². The minimum atomic E-state index is -0.310. The summed E-state index contributed by atoms with van der Waals surface area (Å²) in [5.74, 6) is 0.519. The first kappa shape index (κ1) is 12.5. The number of hydrogen-bond donors (Lipinski definition) is 1. The average molecular weight is 241 g/mol. The van der Waals surface area contributed by atoms with Crippen LogP contribution in [0.4, 0.5) is 5.82 Å². The molecule has 0 amide bonds. The van der Waals surface area contributed by atoms with Gasteiger partial charge in [-0.15, -0.1) is 12.4 Å². The van der Waals surface area contributed by atoms with E-state index >= 15 is 0 Å². The largest absolute Gasteiger partial charge is 0.460 e. The number of aromatic nitrogens is 1. The van der Waals surface area contributed by atoms with Crippen LogP contribution in [0.25, 0.3) is 0 Å². The molecule has 1 aliphatic rings. The van der Waals surface area contributed by atoms with Crippen molar-refractivity contribution in [1.29, 1.82) is 0 Å². The summed E-state index contributed by atoms with van der Waals surface area (Å²) in [6.45, 7) is 3.74. The summed E-state index contributed by atoms with van der Waals surface area (Å²) in [4.78, 5) is 15.6. The summed E-state index contributed by atoms with van der Waals surface area (Å²) in [5.41, 5.74) is 1.05. The number of hydrogen-bond acceptors (Lipinski definition) is 4. The number of carbonyl (C=O) groups is 1. The molecule has 2 rings (SSSR count). The number of esters is 1. The van der Waals surface area contributed by atoms with Crippen LogP contribution >= 0.6 is 12.4 Å². The van der Waals surface area contributed by atoms with Crippen molar-refractivity contribution < 1.29 is 9.53 Å². The molecule has 0 unspecified atom stereocenters. The molecule has 1 aliphatic heterocycles. The molecule has 1 aromatic heterocycles. The number of rotatable bonds is 3. The van der Waals surface area contributed by atoms with Gasteiger partial charge in [-0.2, -0.15) is 0 Å². The van der Waals surface area contributed by atoms with Gasteiger partial charge < -0.3 is 10.1 Å². The van der Waals surface area contributed by atoms with E-state index in [4.69, 9.17) is 4.74 Å². The number of halogens is 1. The lowest BCUT2D eigenvalue weighted by Gasteiger charge is -2.08. The molecule has 0 aromatic carbocycles. The van der Waals surface area contributed by atoms with Crippen molar-refractivity contribution >= 4 is 24.2 Å². The zero-order chi connectivity index (χ0) is 10.7. The van der Waals surface area contributed by atoms with E-state index in [0.717, 1.165) is 11.4 Å². The summed E-state index contributed by atoms with van der Waals surface area (Å²) in [6, 6.07) is 3.50. The van der Waals surface area contributed by atoms with Gasteiger partial charge in [0.25, 0.3) is 0 Å². The predicted octanol–water partition coefficient (Wildman–Crippen LogP) is 1.57. The van der Waals surface area contributed by atoms with Crippen LogP contribution in [-0.2, 0) is 16.0 Å². The van der Waals surface area contributed by atoms with Gasteiger partial charge in [0, 0.05) is 12.6 Å². The summed E-state index contributed by atoms with van der Waals surface area (Å²) in [5, 5.41) is 3.02. The van der Waals surface area contributed by atoms with Crippen LogP contribution in [-0.4, -0.2) is 23.6 Å². The van der Waals surface area contributed by atoms with E-state index in [9.17, 15) is 4.79 Å². The van der Waals surface area contributed by atoms with E-state index in [0.29, 0.717) is 6.42 Å². The lowest BCUT2D eigenvalue weighted by molar-refractivity contribution is -0.143. The molecule has 1 aromatic rings. The standard InChI is InChI=1S/C11H12N2O2.ClH/c1-2-6-15-11(14)9-7-8-4-3-5-12-10(8)13-9;/h2-5,9H,1,6-7H2,(H,12,13);1H/t9-;/m0./s1. The third-order valence-electron chi connectivity index (χ3n) is 2.25. The summed E-state index contributed by atoms with van der Waals surface area (Å²) in [6.07, 6.45) is 3.89. The number of pyridine rings is 1. The maximum atomic E-state index is 11.5. The SMILES string of the molecule is C=CCOC(=O)[C@@H]1Cc2cccnc2N1.Cl. The molecule has 0 aliphatic carbocycles. The van der Waals surface area contributed by atoms with Crippen molar-refractivity contribution in [3.05, 3.63) is 36.5 Å². The van der Waals surface area contributed by atoms with E-state index in [-0.39, 0.29) is 31.0 Å². The summed E-state index contributed by atoms with van der Waals surface area (Å²) in [7, 11) is 0. The van der Waals surface area contributed by atoms with E-state index in [1.165, 1.54) is 0 Å². The van der Waals surface area contributed by atoms with Gasteiger partial charge in [0.1, 0.15) is 18.5 Å². The highest BCUT2D eigenvalue weighted by atomic mass is 35.5. The third-order valence-corrected chi connectivity index (χ3v) is 2.25. The van der Waals surface area contributed by atoms with Crippen LogP contribution in [0.15, 0.2) is 31.0 Å². The Labute approximate surface area is 100 Å². The van der Waals surface area contributed by atoms with E-state index in [1.807, 2.05) is 12.1 Å². The molecule has 0 fully saturated rings. The van der Waals surface area contributed by atoms with Gasteiger partial charge >= 0.3 is 5.97 Å². The number of nitrogens with one attached hydrogen (secondary N) is 1. The van der Waals surface area contributed by atoms with Crippen molar-refractivity contribution in [3.8, 4) is 0 Å². The molecule has 16 heavy (non-hydrogen) atoms. The molecule has 2 heterocycles. The van der Waals surface area contributed by atoms with Gasteiger partial charge in [-0.05, 0) is 11.6 Å². The molecule has 5 heteroatoms. The van der Waals surface area contributed by atoms with Crippen molar-refractivity contribution in [2.45, 2.75) is 12.5 Å². The normalized spacial score (nSPS) is 16.6. The van der Waals surface area contributed by atoms with Gasteiger partial charge in [0.05, 0.1) is 0 Å². The number of carbonyl (C=O) groups excluding carboxylic acids is 1. The Morgan fingerprint density at radius 1 is 1.75 bits per heavy atom. The Bertz CT molecular complexity index is 370. The van der Waals surface area contributed by atoms with E-state index in [2.05, 4.69) is 16.9 Å². The van der Waals surface area contributed by atoms with Crippen LogP contribution in [0, 0.1) is 0 Å². The number of nitrogens with zero attached hydrogens (tertiary/aromatic N) is 1. The first-order valence-corrected chi connectivity index (χ1v) is 4.79. The number of fused-ring (bicyclic) bond motifs is 1. The zero-order valence-corrected chi connectivity index (χ0v) is 9.50. The molecular weight excluding hydrogens is 228 g/mol. The number of anilines is 1. The Kier molecular flexibility index (Phi) is 4.31. The average Bonchev–Trinajstić information content (AvgIpc) is 2.69. The van der Waals surface area contributed by atoms with Gasteiger partial charge in [0.15, 0.2) is 0 Å². The van der Waals surface area contributed by atoms with Crippen LogP contribution in [0.2, 0.25) is 0 Å². The smallest absolute Gasteiger partial charge is 0.329 e. The second-order valence-corrected chi connectivity index (χ2v) is 3.33. The van der Waals surface area contributed by atoms with Gasteiger partial charge in [0.2, 0.25) is 0 Å². The Hall–Kier alpha value is -1.55. The lowest BCUT2D eigenvalue weighted by Crippen LogP contribution is -2.29. The molecular formula is C11H13ClN2O2. The fraction of sp³-hybridized carbons (Fsp3) is 0.273. The second kappa shape index (κ2) is 5.51. The van der Waals surface area contributed by atoms with Crippen LogP contribution in [0.5, 0.6) is 0 Å². The summed E-state index contributed by atoms with van der Waals surface area (Å²) >= 11 is 0. The van der Waals surface area contributed by atoms with E-state index in [1.54, 1.807) is 12.3 Å². The maximum Gasteiger partial charge on any atom is 0.329 e. The molecule has 86 valence electrons. The molecule has 1 atom stereocenters. The molecule has 4 nitrogen and oxygen atoms in total. The highest BCUT2D eigenvalue weighted by Crippen LogP contribution is 2.22. The quantitative estimate of drug-likeness (QED) is 0.644. The second-order valence-electron chi connectivity index (χ2n) is 3.33. The van der Waals surface area contributed by atoms with Crippen LogP contribution < -0.4 is 5.32 Å². The first-order valence-electron chi connectivity index (χ1n) is 4.79. The molecule has 0 saturated carbocycles. The summed E-state index contributed by atoms with van der Waals surface area (Å²) < 4.78 is 4.96. The monoisotopic (exact) mass is 240 g/mol.